The Bertz CT molecular complexity index is 171. The molecule has 0 spiro atoms. The molecule has 0 aliphatic rings. The van der Waals surface area contributed by atoms with Crippen molar-refractivity contribution >= 4 is 5.97 Å². The number of carbonyl (C=O) groups is 1. The van der Waals surface area contributed by atoms with E-state index in [1.807, 2.05) is 6.92 Å². The summed E-state index contributed by atoms with van der Waals surface area (Å²) in [6.07, 6.45) is 5.07. The Morgan fingerprint density at radius 3 is 2.64 bits per heavy atom. The molecule has 0 radical (unpaired) electrons. The van der Waals surface area contributed by atoms with E-state index in [9.17, 15) is 4.79 Å². The Labute approximate surface area is 66.8 Å². The van der Waals surface area contributed by atoms with Gasteiger partial charge in [0.2, 0.25) is 0 Å². The first kappa shape index (κ1) is 9.99. The van der Waals surface area contributed by atoms with Gasteiger partial charge in [0.1, 0.15) is 0 Å². The summed E-state index contributed by atoms with van der Waals surface area (Å²) in [6.45, 7) is 3.87. The van der Waals surface area contributed by atoms with Gasteiger partial charge in [0.05, 0.1) is 12.0 Å². The van der Waals surface area contributed by atoms with Crippen LogP contribution in [-0.4, -0.2) is 23.7 Å². The van der Waals surface area contributed by atoms with Gasteiger partial charge < -0.3 is 10.4 Å². The maximum Gasteiger partial charge on any atom is 0.307 e. The molecule has 0 heterocycles. The summed E-state index contributed by atoms with van der Waals surface area (Å²) in [7, 11) is 0. The van der Waals surface area contributed by atoms with E-state index in [4.69, 9.17) is 11.5 Å². The molecule has 0 saturated carbocycles. The third-order valence-electron chi connectivity index (χ3n) is 1.40. The zero-order valence-electron chi connectivity index (χ0n) is 6.79. The van der Waals surface area contributed by atoms with Crippen molar-refractivity contribution < 1.29 is 9.90 Å². The zero-order valence-corrected chi connectivity index (χ0v) is 6.79. The minimum absolute atomic E-state index is 0.0585. The zero-order chi connectivity index (χ0) is 8.85. The SMILES string of the molecule is C#CC(C)NCC(C)C(=O)O. The van der Waals surface area contributed by atoms with Crippen molar-refractivity contribution in [2.45, 2.75) is 19.9 Å². The lowest BCUT2D eigenvalue weighted by atomic mass is 10.2. The van der Waals surface area contributed by atoms with Crippen LogP contribution in [0.5, 0.6) is 0 Å². The van der Waals surface area contributed by atoms with Crippen molar-refractivity contribution in [3.8, 4) is 12.3 Å². The molecule has 11 heavy (non-hydrogen) atoms. The first-order chi connectivity index (χ1) is 5.07. The average Bonchev–Trinajstić information content (AvgIpc) is 1.99. The van der Waals surface area contributed by atoms with Crippen molar-refractivity contribution in [1.29, 1.82) is 0 Å². The molecule has 0 aliphatic carbocycles. The molecule has 0 aromatic rings. The van der Waals surface area contributed by atoms with Crippen LogP contribution in [0, 0.1) is 18.3 Å². The van der Waals surface area contributed by atoms with Crippen LogP contribution in [0.25, 0.3) is 0 Å². The molecule has 3 heteroatoms. The van der Waals surface area contributed by atoms with E-state index in [0.717, 1.165) is 0 Å². The molecule has 3 nitrogen and oxygen atoms in total. The van der Waals surface area contributed by atoms with Crippen molar-refractivity contribution in [3.63, 3.8) is 0 Å². The minimum atomic E-state index is -0.804. The standard InChI is InChI=1S/C8H13NO2/c1-4-7(3)9-5-6(2)8(10)11/h1,6-7,9H,5H2,2-3H3,(H,10,11). The normalized spacial score (nSPS) is 15.0. The van der Waals surface area contributed by atoms with Crippen LogP contribution in [-0.2, 0) is 4.79 Å². The van der Waals surface area contributed by atoms with Gasteiger partial charge in [-0.2, -0.15) is 0 Å². The molecular weight excluding hydrogens is 142 g/mol. The van der Waals surface area contributed by atoms with E-state index in [1.54, 1.807) is 6.92 Å². The summed E-state index contributed by atoms with van der Waals surface area (Å²) in [5.41, 5.74) is 0. The summed E-state index contributed by atoms with van der Waals surface area (Å²) in [6, 6.07) is -0.0585. The number of terminal acetylenes is 1. The Morgan fingerprint density at radius 1 is 1.73 bits per heavy atom. The summed E-state index contributed by atoms with van der Waals surface area (Å²) < 4.78 is 0. The maximum atomic E-state index is 10.3. The third-order valence-corrected chi connectivity index (χ3v) is 1.40. The highest BCUT2D eigenvalue weighted by Crippen LogP contribution is 1.92. The highest BCUT2D eigenvalue weighted by molar-refractivity contribution is 5.69. The van der Waals surface area contributed by atoms with Crippen LogP contribution in [0.3, 0.4) is 0 Å². The van der Waals surface area contributed by atoms with Gasteiger partial charge in [-0.1, -0.05) is 12.8 Å². The lowest BCUT2D eigenvalue weighted by Crippen LogP contribution is -2.32. The number of carboxylic acid groups (broad SMARTS) is 1. The number of carboxylic acids is 1. The second-order valence-corrected chi connectivity index (χ2v) is 2.54. The fraction of sp³-hybridized carbons (Fsp3) is 0.625. The second kappa shape index (κ2) is 4.75. The molecule has 62 valence electrons. The molecule has 0 aliphatic heterocycles. The first-order valence-electron chi connectivity index (χ1n) is 3.50. The molecule has 2 atom stereocenters. The first-order valence-corrected chi connectivity index (χ1v) is 3.50. The van der Waals surface area contributed by atoms with E-state index in [0.29, 0.717) is 6.54 Å². The summed E-state index contributed by atoms with van der Waals surface area (Å²) in [5, 5.41) is 11.4. The van der Waals surface area contributed by atoms with Crippen LogP contribution < -0.4 is 5.32 Å². The van der Waals surface area contributed by atoms with E-state index in [1.165, 1.54) is 0 Å². The van der Waals surface area contributed by atoms with Gasteiger partial charge in [-0.15, -0.1) is 6.42 Å². The van der Waals surface area contributed by atoms with Crippen molar-refractivity contribution in [2.24, 2.45) is 5.92 Å². The molecule has 0 amide bonds. The van der Waals surface area contributed by atoms with Crippen LogP contribution >= 0.6 is 0 Å². The van der Waals surface area contributed by atoms with E-state index in [-0.39, 0.29) is 12.0 Å². The molecule has 0 aromatic heterocycles. The molecule has 0 fully saturated rings. The molecule has 2 N–H and O–H groups in total. The van der Waals surface area contributed by atoms with Gasteiger partial charge in [-0.3, -0.25) is 4.79 Å². The Balaban J connectivity index is 3.55. The number of nitrogens with one attached hydrogen (secondary N) is 1. The van der Waals surface area contributed by atoms with Gasteiger partial charge in [-0.25, -0.2) is 0 Å². The van der Waals surface area contributed by atoms with E-state index < -0.39 is 5.97 Å². The Morgan fingerprint density at radius 2 is 2.27 bits per heavy atom. The predicted molar refractivity (Wildman–Crippen MR) is 43.1 cm³/mol. The molecule has 2 unspecified atom stereocenters. The predicted octanol–water partition coefficient (Wildman–Crippen LogP) is 0.318. The summed E-state index contributed by atoms with van der Waals surface area (Å²) in [5.74, 6) is 1.27. The fourth-order valence-corrected chi connectivity index (χ4v) is 0.500. The molecule has 0 rings (SSSR count). The smallest absolute Gasteiger partial charge is 0.307 e. The topological polar surface area (TPSA) is 49.3 Å². The van der Waals surface area contributed by atoms with E-state index >= 15 is 0 Å². The van der Waals surface area contributed by atoms with Crippen molar-refractivity contribution in [3.05, 3.63) is 0 Å². The summed E-state index contributed by atoms with van der Waals surface area (Å²) >= 11 is 0. The number of aliphatic carboxylic acids is 1. The van der Waals surface area contributed by atoms with Gasteiger partial charge >= 0.3 is 5.97 Å². The van der Waals surface area contributed by atoms with Crippen LogP contribution in [0.15, 0.2) is 0 Å². The van der Waals surface area contributed by atoms with Gasteiger partial charge in [-0.05, 0) is 6.92 Å². The number of hydrogen-bond donors (Lipinski definition) is 2. The highest BCUT2D eigenvalue weighted by Gasteiger charge is 2.10. The van der Waals surface area contributed by atoms with Gasteiger partial charge in [0.15, 0.2) is 0 Å². The van der Waals surface area contributed by atoms with Crippen molar-refractivity contribution in [1.82, 2.24) is 5.32 Å². The third kappa shape index (κ3) is 4.40. The lowest BCUT2D eigenvalue weighted by Gasteiger charge is -2.09. The fourth-order valence-electron chi connectivity index (χ4n) is 0.500. The van der Waals surface area contributed by atoms with Crippen LogP contribution in [0.2, 0.25) is 0 Å². The van der Waals surface area contributed by atoms with Crippen LogP contribution in [0.4, 0.5) is 0 Å². The summed E-state index contributed by atoms with van der Waals surface area (Å²) in [4.78, 5) is 10.3. The number of hydrogen-bond acceptors (Lipinski definition) is 2. The Hall–Kier alpha value is -1.01. The average molecular weight is 155 g/mol. The largest absolute Gasteiger partial charge is 0.481 e. The highest BCUT2D eigenvalue weighted by atomic mass is 16.4. The quantitative estimate of drug-likeness (QED) is 0.575. The van der Waals surface area contributed by atoms with Crippen molar-refractivity contribution in [2.75, 3.05) is 6.54 Å². The van der Waals surface area contributed by atoms with Gasteiger partial charge in [0.25, 0.3) is 0 Å². The molecular formula is C8H13NO2. The maximum absolute atomic E-state index is 10.3. The van der Waals surface area contributed by atoms with Crippen LogP contribution in [0.1, 0.15) is 13.8 Å². The van der Waals surface area contributed by atoms with Gasteiger partial charge in [0, 0.05) is 6.54 Å². The molecule has 0 bridgehead atoms. The number of rotatable bonds is 4. The monoisotopic (exact) mass is 155 g/mol. The second-order valence-electron chi connectivity index (χ2n) is 2.54. The minimum Gasteiger partial charge on any atom is -0.481 e. The lowest BCUT2D eigenvalue weighted by molar-refractivity contribution is -0.140. The molecule has 0 aromatic carbocycles. The molecule has 0 saturated heterocycles. The van der Waals surface area contributed by atoms with E-state index in [2.05, 4.69) is 11.2 Å². The Kier molecular flexibility index (Phi) is 4.32.